The van der Waals surface area contributed by atoms with Gasteiger partial charge in [-0.05, 0) is 64.8 Å². The minimum Gasteiger partial charge on any atom is -0.456 e. The van der Waals surface area contributed by atoms with Crippen LogP contribution < -0.4 is 10.1 Å². The second-order valence-corrected chi connectivity index (χ2v) is 5.35. The Morgan fingerprint density at radius 2 is 1.90 bits per heavy atom. The Bertz CT molecular complexity index is 557. The maximum Gasteiger partial charge on any atom is 0.141 e. The lowest BCUT2D eigenvalue weighted by molar-refractivity contribution is 0.477. The van der Waals surface area contributed by atoms with Gasteiger partial charge in [0.25, 0.3) is 0 Å². The van der Waals surface area contributed by atoms with Gasteiger partial charge in [0.2, 0.25) is 0 Å². The highest BCUT2D eigenvalue weighted by Gasteiger charge is 2.04. The molecule has 2 aromatic carbocycles. The highest BCUT2D eigenvalue weighted by Crippen LogP contribution is 2.30. The summed E-state index contributed by atoms with van der Waals surface area (Å²) < 4.78 is 19.3. The standard InChI is InChI=1S/C16H17BrFNO/c1-2-9-19-11-12-3-6-14(7-4-12)20-16-8-5-13(18)10-15(16)17/h3-8,10,19H,2,9,11H2,1H3. The van der Waals surface area contributed by atoms with E-state index in [0.29, 0.717) is 10.2 Å². The first kappa shape index (κ1) is 15.0. The van der Waals surface area contributed by atoms with E-state index in [1.165, 1.54) is 17.7 Å². The molecule has 0 aromatic heterocycles. The SMILES string of the molecule is CCCNCc1ccc(Oc2ccc(F)cc2Br)cc1. The van der Waals surface area contributed by atoms with Crippen LogP contribution in [0.4, 0.5) is 4.39 Å². The number of benzene rings is 2. The van der Waals surface area contributed by atoms with E-state index in [4.69, 9.17) is 4.74 Å². The van der Waals surface area contributed by atoms with Gasteiger partial charge in [-0.25, -0.2) is 4.39 Å². The Labute approximate surface area is 127 Å². The Balaban J connectivity index is 1.99. The smallest absolute Gasteiger partial charge is 0.141 e. The maximum absolute atomic E-state index is 13.0. The quantitative estimate of drug-likeness (QED) is 0.758. The van der Waals surface area contributed by atoms with Crippen molar-refractivity contribution >= 4 is 15.9 Å². The molecule has 0 unspecified atom stereocenters. The van der Waals surface area contributed by atoms with Gasteiger partial charge in [0.05, 0.1) is 4.47 Å². The largest absolute Gasteiger partial charge is 0.456 e. The number of hydrogen-bond donors (Lipinski definition) is 1. The van der Waals surface area contributed by atoms with E-state index in [1.54, 1.807) is 6.07 Å². The third kappa shape index (κ3) is 4.32. The van der Waals surface area contributed by atoms with Crippen LogP contribution in [0.2, 0.25) is 0 Å². The van der Waals surface area contributed by atoms with Crippen molar-refractivity contribution in [1.29, 1.82) is 0 Å². The van der Waals surface area contributed by atoms with Crippen LogP contribution in [0, 0.1) is 5.82 Å². The summed E-state index contributed by atoms with van der Waals surface area (Å²) in [6, 6.07) is 12.2. The summed E-state index contributed by atoms with van der Waals surface area (Å²) in [7, 11) is 0. The highest BCUT2D eigenvalue weighted by atomic mass is 79.9. The second kappa shape index (κ2) is 7.41. The zero-order chi connectivity index (χ0) is 14.4. The van der Waals surface area contributed by atoms with E-state index in [0.717, 1.165) is 25.3 Å². The average Bonchev–Trinajstić information content (AvgIpc) is 2.44. The maximum atomic E-state index is 13.0. The normalized spacial score (nSPS) is 10.6. The first-order valence-corrected chi connectivity index (χ1v) is 7.41. The molecule has 0 aliphatic rings. The minimum atomic E-state index is -0.290. The molecule has 0 bridgehead atoms. The summed E-state index contributed by atoms with van der Waals surface area (Å²) in [5.74, 6) is 1.04. The second-order valence-electron chi connectivity index (χ2n) is 4.50. The molecule has 20 heavy (non-hydrogen) atoms. The molecule has 0 saturated heterocycles. The van der Waals surface area contributed by atoms with Gasteiger partial charge in [0.1, 0.15) is 17.3 Å². The van der Waals surface area contributed by atoms with Crippen molar-refractivity contribution in [3.63, 3.8) is 0 Å². The number of nitrogens with one attached hydrogen (secondary N) is 1. The monoisotopic (exact) mass is 337 g/mol. The molecule has 0 amide bonds. The fourth-order valence-corrected chi connectivity index (χ4v) is 2.20. The minimum absolute atomic E-state index is 0.290. The van der Waals surface area contributed by atoms with E-state index in [-0.39, 0.29) is 5.82 Å². The van der Waals surface area contributed by atoms with Crippen molar-refractivity contribution in [3.05, 3.63) is 58.3 Å². The van der Waals surface area contributed by atoms with E-state index >= 15 is 0 Å². The Kier molecular flexibility index (Phi) is 5.56. The van der Waals surface area contributed by atoms with Gasteiger partial charge in [-0.3, -0.25) is 0 Å². The molecular weight excluding hydrogens is 321 g/mol. The van der Waals surface area contributed by atoms with Gasteiger partial charge in [-0.15, -0.1) is 0 Å². The molecule has 4 heteroatoms. The molecule has 2 nitrogen and oxygen atoms in total. The average molecular weight is 338 g/mol. The van der Waals surface area contributed by atoms with Gasteiger partial charge in [-0.2, -0.15) is 0 Å². The summed E-state index contributed by atoms with van der Waals surface area (Å²) in [5, 5.41) is 3.35. The molecule has 2 rings (SSSR count). The summed E-state index contributed by atoms with van der Waals surface area (Å²) in [6.07, 6.45) is 1.12. The first-order chi connectivity index (χ1) is 9.69. The lowest BCUT2D eigenvalue weighted by Gasteiger charge is -2.09. The van der Waals surface area contributed by atoms with Gasteiger partial charge >= 0.3 is 0 Å². The molecule has 2 aromatic rings. The van der Waals surface area contributed by atoms with E-state index in [1.807, 2.05) is 24.3 Å². The highest BCUT2D eigenvalue weighted by molar-refractivity contribution is 9.10. The summed E-state index contributed by atoms with van der Waals surface area (Å²) >= 11 is 3.29. The summed E-state index contributed by atoms with van der Waals surface area (Å²) in [5.41, 5.74) is 1.21. The zero-order valence-electron chi connectivity index (χ0n) is 11.3. The third-order valence-electron chi connectivity index (χ3n) is 2.80. The van der Waals surface area contributed by atoms with Crippen LogP contribution in [0.1, 0.15) is 18.9 Å². The number of ether oxygens (including phenoxy) is 1. The topological polar surface area (TPSA) is 21.3 Å². The van der Waals surface area contributed by atoms with Crippen molar-refractivity contribution in [2.75, 3.05) is 6.54 Å². The number of halogens is 2. The molecule has 1 N–H and O–H groups in total. The zero-order valence-corrected chi connectivity index (χ0v) is 12.9. The van der Waals surface area contributed by atoms with Crippen LogP contribution in [0.3, 0.4) is 0 Å². The van der Waals surface area contributed by atoms with Gasteiger partial charge < -0.3 is 10.1 Å². The van der Waals surface area contributed by atoms with Crippen molar-refractivity contribution in [1.82, 2.24) is 5.32 Å². The van der Waals surface area contributed by atoms with Crippen LogP contribution in [0.25, 0.3) is 0 Å². The summed E-state index contributed by atoms with van der Waals surface area (Å²) in [6.45, 7) is 4.01. The van der Waals surface area contributed by atoms with Crippen LogP contribution in [0.5, 0.6) is 11.5 Å². The number of hydrogen-bond acceptors (Lipinski definition) is 2. The molecular formula is C16H17BrFNO. The van der Waals surface area contributed by atoms with Gasteiger partial charge in [0.15, 0.2) is 0 Å². The van der Waals surface area contributed by atoms with Crippen molar-refractivity contribution in [2.45, 2.75) is 19.9 Å². The Morgan fingerprint density at radius 1 is 1.15 bits per heavy atom. The van der Waals surface area contributed by atoms with Crippen molar-refractivity contribution in [3.8, 4) is 11.5 Å². The molecule has 0 aliphatic heterocycles. The van der Waals surface area contributed by atoms with Gasteiger partial charge in [-0.1, -0.05) is 19.1 Å². The first-order valence-electron chi connectivity index (χ1n) is 6.61. The molecule has 0 fully saturated rings. The molecule has 0 atom stereocenters. The van der Waals surface area contributed by atoms with E-state index < -0.39 is 0 Å². The van der Waals surface area contributed by atoms with Crippen molar-refractivity contribution in [2.24, 2.45) is 0 Å². The van der Waals surface area contributed by atoms with Crippen LogP contribution >= 0.6 is 15.9 Å². The Morgan fingerprint density at radius 3 is 2.55 bits per heavy atom. The molecule has 0 aliphatic carbocycles. The van der Waals surface area contributed by atoms with Crippen molar-refractivity contribution < 1.29 is 9.13 Å². The number of rotatable bonds is 6. The van der Waals surface area contributed by atoms with E-state index in [2.05, 4.69) is 28.2 Å². The predicted molar refractivity (Wildman–Crippen MR) is 82.6 cm³/mol. The molecule has 0 spiro atoms. The lowest BCUT2D eigenvalue weighted by atomic mass is 10.2. The Hall–Kier alpha value is -1.39. The van der Waals surface area contributed by atoms with E-state index in [9.17, 15) is 4.39 Å². The predicted octanol–water partition coefficient (Wildman–Crippen LogP) is 4.88. The molecule has 0 radical (unpaired) electrons. The molecule has 0 saturated carbocycles. The van der Waals surface area contributed by atoms with Crippen LogP contribution in [0.15, 0.2) is 46.9 Å². The van der Waals surface area contributed by atoms with Gasteiger partial charge in [0, 0.05) is 6.54 Å². The lowest BCUT2D eigenvalue weighted by Crippen LogP contribution is -2.13. The fraction of sp³-hybridized carbons (Fsp3) is 0.250. The fourth-order valence-electron chi connectivity index (χ4n) is 1.77. The molecule has 106 valence electrons. The summed E-state index contributed by atoms with van der Waals surface area (Å²) in [4.78, 5) is 0. The molecule has 0 heterocycles. The van der Waals surface area contributed by atoms with Crippen LogP contribution in [-0.4, -0.2) is 6.54 Å². The van der Waals surface area contributed by atoms with Crippen LogP contribution in [-0.2, 0) is 6.54 Å². The third-order valence-corrected chi connectivity index (χ3v) is 3.42.